The number of carbonyl (C=O) groups is 2. The van der Waals surface area contributed by atoms with Crippen LogP contribution in [0.2, 0.25) is 0 Å². The second-order valence-electron chi connectivity index (χ2n) is 2.02. The van der Waals surface area contributed by atoms with E-state index in [9.17, 15) is 9.59 Å². The smallest absolute Gasteiger partial charge is 0.435 e. The maximum atomic E-state index is 10.2. The highest BCUT2D eigenvalue weighted by Gasteiger charge is 1.96. The summed E-state index contributed by atoms with van der Waals surface area (Å²) in [6, 6.07) is 0. The Labute approximate surface area is 72.8 Å². The molecule has 0 saturated carbocycles. The number of carbonyl (C=O) groups excluding carboxylic acids is 2. The zero-order valence-corrected chi connectivity index (χ0v) is 8.05. The van der Waals surface area contributed by atoms with Crippen molar-refractivity contribution in [2.75, 3.05) is 13.2 Å². The Hall–Kier alpha value is -1.06. The van der Waals surface area contributed by atoms with Gasteiger partial charge in [0.2, 0.25) is 0 Å². The van der Waals surface area contributed by atoms with Gasteiger partial charge in [-0.25, -0.2) is 4.79 Å². The van der Waals surface area contributed by atoms with Crippen molar-refractivity contribution in [2.45, 2.75) is 27.7 Å². The van der Waals surface area contributed by atoms with Crippen LogP contribution in [0.5, 0.6) is 0 Å². The molecule has 12 heavy (non-hydrogen) atoms. The van der Waals surface area contributed by atoms with E-state index in [2.05, 4.69) is 9.47 Å². The summed E-state index contributed by atoms with van der Waals surface area (Å²) >= 11 is 0. The van der Waals surface area contributed by atoms with Crippen LogP contribution >= 0.6 is 0 Å². The molecule has 0 aliphatic heterocycles. The molecule has 0 aliphatic rings. The van der Waals surface area contributed by atoms with Crippen LogP contribution in [0, 0.1) is 0 Å². The van der Waals surface area contributed by atoms with E-state index in [1.807, 2.05) is 0 Å². The van der Waals surface area contributed by atoms with Gasteiger partial charge in [0, 0.05) is 0 Å². The lowest BCUT2D eigenvalue weighted by Crippen LogP contribution is -2.05. The lowest BCUT2D eigenvalue weighted by molar-refractivity contribution is -0.114. The first-order chi connectivity index (χ1) is 5.54. The zero-order chi connectivity index (χ0) is 9.98. The fraction of sp³-hybridized carbons (Fsp3) is 0.750. The van der Waals surface area contributed by atoms with Gasteiger partial charge in [-0.1, -0.05) is 0 Å². The zero-order valence-electron chi connectivity index (χ0n) is 8.05. The topological polar surface area (TPSA) is 52.6 Å². The molecule has 0 aromatic heterocycles. The van der Waals surface area contributed by atoms with Gasteiger partial charge in [-0.3, -0.25) is 0 Å². The molecule has 0 spiro atoms. The van der Waals surface area contributed by atoms with Gasteiger partial charge in [0.05, 0.1) is 13.2 Å². The predicted octanol–water partition coefficient (Wildman–Crippen LogP) is 1.77. The van der Waals surface area contributed by atoms with Crippen molar-refractivity contribution >= 4 is 11.9 Å². The molecule has 0 aromatic carbocycles. The first-order valence-corrected chi connectivity index (χ1v) is 3.81. The first kappa shape index (κ1) is 13.5. The molecule has 4 heteroatoms. The van der Waals surface area contributed by atoms with Crippen molar-refractivity contribution in [3.05, 3.63) is 0 Å². The summed E-state index contributed by atoms with van der Waals surface area (Å²) in [4.78, 5) is 19.6. The van der Waals surface area contributed by atoms with Crippen molar-refractivity contribution in [2.24, 2.45) is 0 Å². The fourth-order valence-corrected chi connectivity index (χ4v) is 0.277. The van der Waals surface area contributed by atoms with Crippen LogP contribution in [-0.4, -0.2) is 25.2 Å². The minimum Gasteiger partial charge on any atom is -0.435 e. The lowest BCUT2D eigenvalue weighted by atomic mass is 10.6. The molecule has 0 unspecified atom stereocenters. The predicted molar refractivity (Wildman–Crippen MR) is 45.0 cm³/mol. The van der Waals surface area contributed by atoms with E-state index < -0.39 is 6.16 Å². The third-order valence-electron chi connectivity index (χ3n) is 0.524. The minimum atomic E-state index is -0.588. The lowest BCUT2D eigenvalue weighted by Gasteiger charge is -1.98. The van der Waals surface area contributed by atoms with Crippen molar-refractivity contribution < 1.29 is 19.1 Å². The highest BCUT2D eigenvalue weighted by molar-refractivity contribution is 5.72. The summed E-state index contributed by atoms with van der Waals surface area (Å²) in [5.41, 5.74) is 0. The Bertz CT molecular complexity index is 119. The van der Waals surface area contributed by atoms with Gasteiger partial charge in [-0.2, -0.15) is 0 Å². The van der Waals surface area contributed by atoms with Gasteiger partial charge in [-0.05, 0) is 27.7 Å². The summed E-state index contributed by atoms with van der Waals surface area (Å²) < 4.78 is 8.84. The summed E-state index contributed by atoms with van der Waals surface area (Å²) in [7, 11) is 0. The molecule has 0 aliphatic carbocycles. The standard InChI is InChI=1S/C5H10O3.C3H6O/c1-3-7-5(6)8-4-2;1-3(2)4/h3-4H2,1-2H3;1-2H3. The highest BCUT2D eigenvalue weighted by atomic mass is 16.7. The highest BCUT2D eigenvalue weighted by Crippen LogP contribution is 1.81. The van der Waals surface area contributed by atoms with Gasteiger partial charge in [-0.15, -0.1) is 0 Å². The maximum absolute atomic E-state index is 10.2. The van der Waals surface area contributed by atoms with Crippen LogP contribution in [-0.2, 0) is 14.3 Å². The second kappa shape index (κ2) is 9.94. The molecule has 0 N–H and O–H groups in total. The molecule has 4 nitrogen and oxygen atoms in total. The summed E-state index contributed by atoms with van der Waals surface area (Å²) in [6.07, 6.45) is -0.588. The SMILES string of the molecule is CC(C)=O.CCOC(=O)OCC. The average molecular weight is 176 g/mol. The van der Waals surface area contributed by atoms with Crippen molar-refractivity contribution in [3.63, 3.8) is 0 Å². The van der Waals surface area contributed by atoms with E-state index in [0.717, 1.165) is 0 Å². The van der Waals surface area contributed by atoms with E-state index in [4.69, 9.17) is 0 Å². The Morgan fingerprint density at radius 3 is 1.42 bits per heavy atom. The van der Waals surface area contributed by atoms with E-state index in [-0.39, 0.29) is 5.78 Å². The average Bonchev–Trinajstić information content (AvgIpc) is 1.87. The molecule has 72 valence electrons. The molecule has 0 atom stereocenters. The fourth-order valence-electron chi connectivity index (χ4n) is 0.277. The summed E-state index contributed by atoms with van der Waals surface area (Å²) in [6.45, 7) is 7.27. The van der Waals surface area contributed by atoms with Crippen LogP contribution in [0.15, 0.2) is 0 Å². The molecular weight excluding hydrogens is 160 g/mol. The quantitative estimate of drug-likeness (QED) is 0.602. The van der Waals surface area contributed by atoms with Gasteiger partial charge in [0.15, 0.2) is 0 Å². The van der Waals surface area contributed by atoms with Crippen LogP contribution < -0.4 is 0 Å². The van der Waals surface area contributed by atoms with E-state index in [0.29, 0.717) is 13.2 Å². The summed E-state index contributed by atoms with van der Waals surface area (Å²) in [5.74, 6) is 0.167. The number of ketones is 1. The van der Waals surface area contributed by atoms with Crippen LogP contribution in [0.4, 0.5) is 4.79 Å². The molecule has 0 heterocycles. The van der Waals surface area contributed by atoms with Crippen LogP contribution in [0.1, 0.15) is 27.7 Å². The second-order valence-corrected chi connectivity index (χ2v) is 2.02. The molecule has 0 rings (SSSR count). The third-order valence-corrected chi connectivity index (χ3v) is 0.524. The minimum absolute atomic E-state index is 0.167. The first-order valence-electron chi connectivity index (χ1n) is 3.81. The Kier molecular flexibility index (Phi) is 11.2. The molecular formula is C8H16O4. The number of hydrogen-bond donors (Lipinski definition) is 0. The van der Waals surface area contributed by atoms with Crippen LogP contribution in [0.25, 0.3) is 0 Å². The molecule has 0 amide bonds. The van der Waals surface area contributed by atoms with Crippen LogP contribution in [0.3, 0.4) is 0 Å². The number of ether oxygens (including phenoxy) is 2. The van der Waals surface area contributed by atoms with Crippen molar-refractivity contribution in [1.29, 1.82) is 0 Å². The molecule has 0 saturated heterocycles. The molecule has 0 fully saturated rings. The maximum Gasteiger partial charge on any atom is 0.508 e. The van der Waals surface area contributed by atoms with E-state index >= 15 is 0 Å². The third kappa shape index (κ3) is 23.1. The number of rotatable bonds is 2. The van der Waals surface area contributed by atoms with Gasteiger partial charge in [0.25, 0.3) is 0 Å². The normalized spacial score (nSPS) is 7.67. The number of Topliss-reactive ketones (excluding diaryl/α,β-unsaturated/α-hetero) is 1. The summed E-state index contributed by atoms with van der Waals surface area (Å²) in [5, 5.41) is 0. The molecule has 0 bridgehead atoms. The monoisotopic (exact) mass is 176 g/mol. The Balaban J connectivity index is 0. The van der Waals surface area contributed by atoms with Gasteiger partial charge in [0.1, 0.15) is 5.78 Å². The largest absolute Gasteiger partial charge is 0.508 e. The van der Waals surface area contributed by atoms with E-state index in [1.54, 1.807) is 13.8 Å². The van der Waals surface area contributed by atoms with Gasteiger partial charge >= 0.3 is 6.16 Å². The van der Waals surface area contributed by atoms with Crippen molar-refractivity contribution in [1.82, 2.24) is 0 Å². The van der Waals surface area contributed by atoms with Gasteiger partial charge < -0.3 is 14.3 Å². The molecule has 0 radical (unpaired) electrons. The number of hydrogen-bond acceptors (Lipinski definition) is 4. The van der Waals surface area contributed by atoms with E-state index in [1.165, 1.54) is 13.8 Å². The molecule has 0 aromatic rings. The Morgan fingerprint density at radius 2 is 1.25 bits per heavy atom. The Morgan fingerprint density at radius 1 is 1.00 bits per heavy atom. The van der Waals surface area contributed by atoms with Crippen molar-refractivity contribution in [3.8, 4) is 0 Å².